The molecule has 0 saturated carbocycles. The molecule has 3 aromatic carbocycles. The van der Waals surface area contributed by atoms with Gasteiger partial charge in [0.25, 0.3) is 5.56 Å². The van der Waals surface area contributed by atoms with Crippen molar-refractivity contribution in [2.24, 2.45) is 7.05 Å². The lowest BCUT2D eigenvalue weighted by Gasteiger charge is -2.21. The van der Waals surface area contributed by atoms with E-state index in [2.05, 4.69) is 4.72 Å². The SMILES string of the molecule is CCOc1cc(=O)n(C)cc1-c1cc(C(N[SH](=O)=O)c2ccccc2F)ccc1Oc1ccc(F)cc1F. The van der Waals surface area contributed by atoms with E-state index in [4.69, 9.17) is 9.47 Å². The summed E-state index contributed by atoms with van der Waals surface area (Å²) in [6, 6.07) is 13.2. The van der Waals surface area contributed by atoms with Crippen LogP contribution in [-0.2, 0) is 17.9 Å². The summed E-state index contributed by atoms with van der Waals surface area (Å²) in [5, 5.41) is 0. The fourth-order valence-corrected chi connectivity index (χ4v) is 4.43. The summed E-state index contributed by atoms with van der Waals surface area (Å²) in [6.07, 6.45) is 1.49. The van der Waals surface area contributed by atoms with Gasteiger partial charge in [0.2, 0.25) is 10.9 Å². The molecular weight excluding hydrogens is 521 g/mol. The van der Waals surface area contributed by atoms with Crippen LogP contribution in [0.2, 0.25) is 0 Å². The molecule has 0 amide bonds. The van der Waals surface area contributed by atoms with Gasteiger partial charge in [0, 0.05) is 42.1 Å². The molecular formula is C27H23F3N2O5S. The minimum atomic E-state index is -3.14. The Labute approximate surface area is 218 Å². The van der Waals surface area contributed by atoms with Crippen molar-refractivity contribution in [2.45, 2.75) is 13.0 Å². The van der Waals surface area contributed by atoms with Crippen LogP contribution in [-0.4, -0.2) is 19.6 Å². The molecule has 1 unspecified atom stereocenters. The van der Waals surface area contributed by atoms with E-state index in [0.717, 1.165) is 12.1 Å². The highest BCUT2D eigenvalue weighted by atomic mass is 32.2. The van der Waals surface area contributed by atoms with Gasteiger partial charge in [-0.25, -0.2) is 26.3 Å². The van der Waals surface area contributed by atoms with Crippen LogP contribution in [0.1, 0.15) is 24.1 Å². The van der Waals surface area contributed by atoms with E-state index in [1.165, 1.54) is 60.3 Å². The van der Waals surface area contributed by atoms with Crippen molar-refractivity contribution < 1.29 is 31.1 Å². The number of benzene rings is 3. The zero-order valence-electron chi connectivity index (χ0n) is 20.3. The third kappa shape index (κ3) is 5.90. The number of hydrogen-bond donors (Lipinski definition) is 2. The summed E-state index contributed by atoms with van der Waals surface area (Å²) in [5.41, 5.74) is 0.699. The highest BCUT2D eigenvalue weighted by molar-refractivity contribution is 7.70. The molecule has 0 fully saturated rings. The second-order valence-electron chi connectivity index (χ2n) is 8.21. The summed E-state index contributed by atoms with van der Waals surface area (Å²) >= 11 is 0. The van der Waals surface area contributed by atoms with Crippen LogP contribution < -0.4 is 19.8 Å². The lowest BCUT2D eigenvalue weighted by Crippen LogP contribution is -2.22. The first-order valence-electron chi connectivity index (χ1n) is 11.4. The molecule has 38 heavy (non-hydrogen) atoms. The number of thiol groups is 1. The van der Waals surface area contributed by atoms with Gasteiger partial charge in [-0.1, -0.05) is 24.3 Å². The van der Waals surface area contributed by atoms with Gasteiger partial charge in [-0.15, -0.1) is 0 Å². The van der Waals surface area contributed by atoms with E-state index >= 15 is 0 Å². The van der Waals surface area contributed by atoms with Crippen molar-refractivity contribution in [2.75, 3.05) is 6.61 Å². The van der Waals surface area contributed by atoms with Crippen LogP contribution in [0.4, 0.5) is 13.2 Å². The third-order valence-electron chi connectivity index (χ3n) is 5.68. The van der Waals surface area contributed by atoms with Crippen molar-refractivity contribution in [3.63, 3.8) is 0 Å². The molecule has 1 atom stereocenters. The van der Waals surface area contributed by atoms with E-state index in [1.807, 2.05) is 0 Å². The maximum atomic E-state index is 14.7. The van der Waals surface area contributed by atoms with Crippen molar-refractivity contribution >= 4 is 10.9 Å². The Balaban J connectivity index is 1.96. The number of nitrogens with one attached hydrogen (secondary N) is 1. The number of ether oxygens (including phenoxy) is 2. The van der Waals surface area contributed by atoms with Crippen molar-refractivity contribution in [3.8, 4) is 28.4 Å². The quantitative estimate of drug-likeness (QED) is 0.294. The summed E-state index contributed by atoms with van der Waals surface area (Å²) in [7, 11) is -1.62. The molecule has 0 saturated heterocycles. The number of hydrogen-bond acceptors (Lipinski definition) is 5. The van der Waals surface area contributed by atoms with Gasteiger partial charge in [0.15, 0.2) is 11.6 Å². The summed E-state index contributed by atoms with van der Waals surface area (Å²) in [6.45, 7) is 1.95. The summed E-state index contributed by atoms with van der Waals surface area (Å²) in [4.78, 5) is 12.3. The molecule has 4 rings (SSSR count). The molecule has 0 radical (unpaired) electrons. The Hall–Kier alpha value is -4.09. The van der Waals surface area contributed by atoms with Crippen LogP contribution in [0.3, 0.4) is 0 Å². The molecule has 1 aromatic heterocycles. The maximum absolute atomic E-state index is 14.7. The van der Waals surface area contributed by atoms with Gasteiger partial charge < -0.3 is 14.0 Å². The molecule has 0 aliphatic rings. The normalized spacial score (nSPS) is 11.9. The van der Waals surface area contributed by atoms with E-state index in [9.17, 15) is 26.4 Å². The van der Waals surface area contributed by atoms with Crippen molar-refractivity contribution in [1.29, 1.82) is 0 Å². The standard InChI is InChI=1S/C27H23F3N2O5S/c1-3-36-25-14-26(33)32(2)15-20(25)19-12-16(27(31-38(34)35)18-6-4-5-7-21(18)29)8-10-23(19)37-24-11-9-17(28)13-22(24)30/h4-15,27,38H,3H2,1-2H3,(H,31,34,35). The second-order valence-corrected chi connectivity index (χ2v) is 8.98. The van der Waals surface area contributed by atoms with E-state index < -0.39 is 34.4 Å². The first kappa shape index (κ1) is 27.0. The van der Waals surface area contributed by atoms with Gasteiger partial charge in [0.05, 0.1) is 12.6 Å². The zero-order chi connectivity index (χ0) is 27.4. The summed E-state index contributed by atoms with van der Waals surface area (Å²) in [5.74, 6) is -2.34. The van der Waals surface area contributed by atoms with Gasteiger partial charge in [-0.05, 0) is 42.8 Å². The van der Waals surface area contributed by atoms with Crippen LogP contribution in [0, 0.1) is 17.5 Å². The Morgan fingerprint density at radius 3 is 2.32 bits per heavy atom. The number of aryl methyl sites for hydroxylation is 1. The smallest absolute Gasteiger partial charge is 0.254 e. The lowest BCUT2D eigenvalue weighted by atomic mass is 9.95. The molecule has 1 N–H and O–H groups in total. The molecule has 0 bridgehead atoms. The predicted octanol–water partition coefficient (Wildman–Crippen LogP) is 4.87. The Morgan fingerprint density at radius 1 is 0.895 bits per heavy atom. The molecule has 11 heteroatoms. The maximum Gasteiger partial charge on any atom is 0.254 e. The van der Waals surface area contributed by atoms with Crippen LogP contribution in [0.15, 0.2) is 77.7 Å². The molecule has 0 spiro atoms. The first-order chi connectivity index (χ1) is 18.2. The number of pyridine rings is 1. The highest BCUT2D eigenvalue weighted by Crippen LogP contribution is 2.41. The van der Waals surface area contributed by atoms with Gasteiger partial charge in [-0.3, -0.25) is 4.79 Å². The monoisotopic (exact) mass is 544 g/mol. The first-order valence-corrected chi connectivity index (χ1v) is 12.6. The zero-order valence-corrected chi connectivity index (χ0v) is 21.2. The predicted molar refractivity (Wildman–Crippen MR) is 136 cm³/mol. The third-order valence-corrected chi connectivity index (χ3v) is 6.15. The largest absolute Gasteiger partial charge is 0.493 e. The van der Waals surface area contributed by atoms with Gasteiger partial charge in [0.1, 0.15) is 23.1 Å². The molecule has 198 valence electrons. The average molecular weight is 545 g/mol. The van der Waals surface area contributed by atoms with Gasteiger partial charge in [-0.2, -0.15) is 0 Å². The molecule has 7 nitrogen and oxygen atoms in total. The topological polar surface area (TPSA) is 86.6 Å². The number of halogens is 3. The van der Waals surface area contributed by atoms with E-state index in [1.54, 1.807) is 13.0 Å². The van der Waals surface area contributed by atoms with E-state index in [0.29, 0.717) is 17.2 Å². The fraction of sp³-hybridized carbons (Fsp3) is 0.148. The molecule has 0 aliphatic heterocycles. The Morgan fingerprint density at radius 2 is 1.63 bits per heavy atom. The van der Waals surface area contributed by atoms with E-state index in [-0.39, 0.29) is 40.5 Å². The highest BCUT2D eigenvalue weighted by Gasteiger charge is 2.23. The fourth-order valence-electron chi connectivity index (χ4n) is 3.93. The minimum Gasteiger partial charge on any atom is -0.493 e. The number of aromatic nitrogens is 1. The van der Waals surface area contributed by atoms with Crippen LogP contribution in [0.25, 0.3) is 11.1 Å². The summed E-state index contributed by atoms with van der Waals surface area (Å²) < 4.78 is 81.1. The average Bonchev–Trinajstić information content (AvgIpc) is 2.87. The van der Waals surface area contributed by atoms with Crippen LogP contribution in [0.5, 0.6) is 17.2 Å². The van der Waals surface area contributed by atoms with Crippen molar-refractivity contribution in [3.05, 3.63) is 112 Å². The Bertz CT molecular complexity index is 1610. The van der Waals surface area contributed by atoms with Crippen molar-refractivity contribution in [1.82, 2.24) is 9.29 Å². The molecule has 4 aromatic rings. The van der Waals surface area contributed by atoms with Gasteiger partial charge >= 0.3 is 0 Å². The lowest BCUT2D eigenvalue weighted by molar-refractivity contribution is 0.340. The number of rotatable bonds is 9. The number of nitrogens with zero attached hydrogens (tertiary/aromatic N) is 1. The minimum absolute atomic E-state index is 0.0707. The van der Waals surface area contributed by atoms with Crippen LogP contribution >= 0.6 is 0 Å². The molecule has 1 heterocycles. The second kappa shape index (κ2) is 11.5. The Kier molecular flexibility index (Phi) is 8.18. The molecule has 0 aliphatic carbocycles.